The van der Waals surface area contributed by atoms with Gasteiger partial charge in [0.05, 0.1) is 16.8 Å². The van der Waals surface area contributed by atoms with Gasteiger partial charge in [0, 0.05) is 5.92 Å². The fourth-order valence-electron chi connectivity index (χ4n) is 2.96. The average Bonchev–Trinajstić information content (AvgIpc) is 3.37. The van der Waals surface area contributed by atoms with Crippen LogP contribution in [0.25, 0.3) is 0 Å². The van der Waals surface area contributed by atoms with E-state index in [0.29, 0.717) is 5.69 Å². The molecular weight excluding hydrogens is 348 g/mol. The molecule has 0 radical (unpaired) electrons. The Balaban J connectivity index is 1.75. The van der Waals surface area contributed by atoms with Crippen molar-refractivity contribution in [2.75, 3.05) is 0 Å². The molecule has 7 heteroatoms. The highest BCUT2D eigenvalue weighted by atomic mass is 35.5. The Morgan fingerprint density at radius 2 is 2.04 bits per heavy atom. The van der Waals surface area contributed by atoms with Crippen LogP contribution in [0.1, 0.15) is 61.5 Å². The maximum Gasteiger partial charge on any atom is 0.283 e. The summed E-state index contributed by atoms with van der Waals surface area (Å²) in [5.41, 5.74) is 1.12. The van der Waals surface area contributed by atoms with Crippen LogP contribution in [0.3, 0.4) is 0 Å². The number of aromatic nitrogens is 2. The van der Waals surface area contributed by atoms with Gasteiger partial charge in [0.25, 0.3) is 6.43 Å². The van der Waals surface area contributed by atoms with Crippen LogP contribution in [0.4, 0.5) is 8.78 Å². The van der Waals surface area contributed by atoms with E-state index < -0.39 is 12.1 Å². The lowest BCUT2D eigenvalue weighted by Crippen LogP contribution is -2.32. The van der Waals surface area contributed by atoms with Crippen LogP contribution in [0, 0.1) is 0 Å². The Bertz CT molecular complexity index is 744. The minimum absolute atomic E-state index is 0.000371. The molecule has 1 unspecified atom stereocenters. The maximum atomic E-state index is 13.1. The van der Waals surface area contributed by atoms with Gasteiger partial charge in [-0.25, -0.2) is 8.78 Å². The molecule has 1 aliphatic rings. The molecule has 0 spiro atoms. The zero-order valence-corrected chi connectivity index (χ0v) is 14.6. The first-order valence-electron chi connectivity index (χ1n) is 8.39. The van der Waals surface area contributed by atoms with Crippen LogP contribution in [0.2, 0.25) is 5.02 Å². The molecule has 1 aliphatic carbocycles. The molecule has 1 aromatic heterocycles. The molecular formula is C18H20ClF2N3O. The van der Waals surface area contributed by atoms with E-state index in [1.165, 1.54) is 4.68 Å². The molecule has 0 saturated heterocycles. The normalized spacial score (nSPS) is 15.4. The smallest absolute Gasteiger partial charge is 0.283 e. The maximum absolute atomic E-state index is 13.1. The summed E-state index contributed by atoms with van der Waals surface area (Å²) < 4.78 is 27.5. The Labute approximate surface area is 150 Å². The lowest BCUT2D eigenvalue weighted by Gasteiger charge is -2.18. The summed E-state index contributed by atoms with van der Waals surface area (Å²) in [6.07, 6.45) is -0.246. The minimum Gasteiger partial charge on any atom is -0.348 e. The summed E-state index contributed by atoms with van der Waals surface area (Å²) in [5, 5.41) is 6.84. The number of nitrogens with one attached hydrogen (secondary N) is 1. The van der Waals surface area contributed by atoms with Crippen molar-refractivity contribution in [1.82, 2.24) is 15.1 Å². The molecule has 1 saturated carbocycles. The Morgan fingerprint density at radius 1 is 1.36 bits per heavy atom. The number of benzene rings is 1. The van der Waals surface area contributed by atoms with Crippen LogP contribution in [0.5, 0.6) is 0 Å². The highest BCUT2D eigenvalue weighted by Crippen LogP contribution is 2.45. The third-order valence-corrected chi connectivity index (χ3v) is 4.75. The number of hydrogen-bond donors (Lipinski definition) is 1. The number of carbonyl (C=O) groups excluding carboxylic acids is 1. The molecule has 134 valence electrons. The van der Waals surface area contributed by atoms with Crippen molar-refractivity contribution in [2.24, 2.45) is 0 Å². The third kappa shape index (κ3) is 4.00. The summed E-state index contributed by atoms with van der Waals surface area (Å²) in [6, 6.07) is 9.51. The van der Waals surface area contributed by atoms with Crippen molar-refractivity contribution in [3.8, 4) is 0 Å². The Kier molecular flexibility index (Phi) is 5.37. The highest BCUT2D eigenvalue weighted by molar-refractivity contribution is 6.32. The van der Waals surface area contributed by atoms with Crippen molar-refractivity contribution < 1.29 is 13.6 Å². The molecule has 25 heavy (non-hydrogen) atoms. The first kappa shape index (κ1) is 17.9. The zero-order chi connectivity index (χ0) is 18.0. The van der Waals surface area contributed by atoms with Crippen molar-refractivity contribution in [2.45, 2.75) is 51.1 Å². The van der Waals surface area contributed by atoms with Gasteiger partial charge in [-0.2, -0.15) is 5.10 Å². The monoisotopic (exact) mass is 367 g/mol. The zero-order valence-electron chi connectivity index (χ0n) is 13.9. The van der Waals surface area contributed by atoms with Crippen LogP contribution in [-0.4, -0.2) is 15.7 Å². The number of nitrogens with zero attached hydrogens (tertiary/aromatic N) is 2. The summed E-state index contributed by atoms with van der Waals surface area (Å²) in [5.74, 6) is -0.144. The number of amides is 1. The fourth-order valence-corrected chi connectivity index (χ4v) is 3.33. The molecule has 0 aliphatic heterocycles. The van der Waals surface area contributed by atoms with Crippen molar-refractivity contribution >= 4 is 17.5 Å². The minimum atomic E-state index is -2.75. The van der Waals surface area contributed by atoms with E-state index in [9.17, 15) is 13.6 Å². The number of rotatable bonds is 7. The highest BCUT2D eigenvalue weighted by Gasteiger charge is 2.34. The lowest BCUT2D eigenvalue weighted by atomic mass is 10.0. The van der Waals surface area contributed by atoms with E-state index in [0.717, 1.165) is 24.8 Å². The standard InChI is InChI=1S/C18H20ClF2N3O/c1-2-13(11-6-4-3-5-7-11)22-14(25)10-24-17(12-8-9-12)15(19)16(23-24)18(20)21/h3-7,12-13,18H,2,8-10H2,1H3,(H,22,25). The number of carbonyl (C=O) groups is 1. The molecule has 0 bridgehead atoms. The van der Waals surface area contributed by atoms with Gasteiger partial charge in [0.2, 0.25) is 5.91 Å². The van der Waals surface area contributed by atoms with Gasteiger partial charge in [0.1, 0.15) is 12.2 Å². The Hall–Kier alpha value is -1.95. The van der Waals surface area contributed by atoms with Gasteiger partial charge in [-0.15, -0.1) is 0 Å². The van der Waals surface area contributed by atoms with Crippen LogP contribution >= 0.6 is 11.6 Å². The van der Waals surface area contributed by atoms with Crippen molar-refractivity contribution in [3.05, 3.63) is 52.3 Å². The molecule has 3 rings (SSSR count). The van der Waals surface area contributed by atoms with Gasteiger partial charge in [0.15, 0.2) is 0 Å². The van der Waals surface area contributed by atoms with Gasteiger partial charge < -0.3 is 5.32 Å². The summed E-state index contributed by atoms with van der Waals surface area (Å²) in [7, 11) is 0. The van der Waals surface area contributed by atoms with Crippen LogP contribution < -0.4 is 5.32 Å². The third-order valence-electron chi connectivity index (χ3n) is 4.37. The molecule has 1 heterocycles. The second kappa shape index (κ2) is 7.52. The van der Waals surface area contributed by atoms with Crippen molar-refractivity contribution in [1.29, 1.82) is 0 Å². The first-order chi connectivity index (χ1) is 12.0. The number of halogens is 3. The van der Waals surface area contributed by atoms with E-state index in [4.69, 9.17) is 11.6 Å². The lowest BCUT2D eigenvalue weighted by molar-refractivity contribution is -0.122. The quantitative estimate of drug-likeness (QED) is 0.776. The molecule has 4 nitrogen and oxygen atoms in total. The second-order valence-electron chi connectivity index (χ2n) is 6.26. The largest absolute Gasteiger partial charge is 0.348 e. The van der Waals surface area contributed by atoms with E-state index in [1.54, 1.807) is 0 Å². The molecule has 1 atom stereocenters. The molecule has 2 aromatic rings. The topological polar surface area (TPSA) is 46.9 Å². The van der Waals surface area contributed by atoms with Gasteiger partial charge in [-0.3, -0.25) is 9.48 Å². The summed E-state index contributed by atoms with van der Waals surface area (Å²) in [4.78, 5) is 12.4. The average molecular weight is 368 g/mol. The number of alkyl halides is 2. The summed E-state index contributed by atoms with van der Waals surface area (Å²) >= 11 is 6.08. The van der Waals surface area contributed by atoms with E-state index in [-0.39, 0.29) is 29.4 Å². The predicted octanol–water partition coefficient (Wildman–Crippen LogP) is 4.62. The fraction of sp³-hybridized carbons (Fsp3) is 0.444. The van der Waals surface area contributed by atoms with Gasteiger partial charge in [-0.1, -0.05) is 48.9 Å². The van der Waals surface area contributed by atoms with E-state index in [1.807, 2.05) is 37.3 Å². The summed E-state index contributed by atoms with van der Waals surface area (Å²) in [6.45, 7) is 1.87. The molecule has 1 fully saturated rings. The first-order valence-corrected chi connectivity index (χ1v) is 8.77. The van der Waals surface area contributed by atoms with E-state index >= 15 is 0 Å². The predicted molar refractivity (Wildman–Crippen MR) is 91.8 cm³/mol. The molecule has 1 N–H and O–H groups in total. The van der Waals surface area contributed by atoms with Crippen LogP contribution in [-0.2, 0) is 11.3 Å². The van der Waals surface area contributed by atoms with Gasteiger partial charge in [-0.05, 0) is 24.8 Å². The second-order valence-corrected chi connectivity index (χ2v) is 6.63. The van der Waals surface area contributed by atoms with Crippen LogP contribution in [0.15, 0.2) is 30.3 Å². The molecule has 1 amide bonds. The van der Waals surface area contributed by atoms with Crippen molar-refractivity contribution in [3.63, 3.8) is 0 Å². The van der Waals surface area contributed by atoms with E-state index in [2.05, 4.69) is 10.4 Å². The Morgan fingerprint density at radius 3 is 2.60 bits per heavy atom. The number of hydrogen-bond acceptors (Lipinski definition) is 2. The van der Waals surface area contributed by atoms with Gasteiger partial charge >= 0.3 is 0 Å². The SMILES string of the molecule is CCC(NC(=O)Cn1nc(C(F)F)c(Cl)c1C1CC1)c1ccccc1. The molecule has 1 aromatic carbocycles.